The predicted octanol–water partition coefficient (Wildman–Crippen LogP) is 3.81. The summed E-state index contributed by atoms with van der Waals surface area (Å²) in [4.78, 5) is 35.4. The van der Waals surface area contributed by atoms with Crippen LogP contribution in [-0.2, 0) is 9.59 Å². The van der Waals surface area contributed by atoms with Gasteiger partial charge in [-0.3, -0.25) is 9.59 Å². The van der Waals surface area contributed by atoms with Gasteiger partial charge in [-0.15, -0.1) is 5.10 Å². The molecule has 1 heterocycles. The Morgan fingerprint density at radius 2 is 1.93 bits per heavy atom. The lowest BCUT2D eigenvalue weighted by Gasteiger charge is -2.20. The first-order valence-corrected chi connectivity index (χ1v) is 10.0. The van der Waals surface area contributed by atoms with Gasteiger partial charge in [-0.25, -0.2) is 14.2 Å². The summed E-state index contributed by atoms with van der Waals surface area (Å²) in [7, 11) is 0. The summed E-state index contributed by atoms with van der Waals surface area (Å²) >= 11 is 4.54. The molecule has 0 unspecified atom stereocenters. The van der Waals surface area contributed by atoms with Crippen LogP contribution < -0.4 is 10.1 Å². The van der Waals surface area contributed by atoms with E-state index >= 15 is 0 Å². The van der Waals surface area contributed by atoms with Gasteiger partial charge >= 0.3 is 5.97 Å². The van der Waals surface area contributed by atoms with Gasteiger partial charge in [-0.1, -0.05) is 30.0 Å². The van der Waals surface area contributed by atoms with Crippen LogP contribution >= 0.6 is 27.7 Å². The van der Waals surface area contributed by atoms with Crippen molar-refractivity contribution < 1.29 is 23.5 Å². The fourth-order valence-electron chi connectivity index (χ4n) is 2.51. The van der Waals surface area contributed by atoms with E-state index in [1.54, 1.807) is 12.1 Å². The van der Waals surface area contributed by atoms with Crippen molar-refractivity contribution in [2.45, 2.75) is 19.2 Å². The van der Waals surface area contributed by atoms with Gasteiger partial charge in [0.05, 0.1) is 10.0 Å². The third-order valence-electron chi connectivity index (χ3n) is 3.79. The molecule has 3 rings (SSSR count). The van der Waals surface area contributed by atoms with Crippen LogP contribution in [0.5, 0.6) is 5.75 Å². The summed E-state index contributed by atoms with van der Waals surface area (Å²) < 4.78 is 19.5. The minimum Gasteiger partial charge on any atom is -0.422 e. The zero-order valence-electron chi connectivity index (χ0n) is 15.3. The summed E-state index contributed by atoms with van der Waals surface area (Å²) in [6.45, 7) is 2.72. The van der Waals surface area contributed by atoms with Crippen molar-refractivity contribution in [3.8, 4) is 5.75 Å². The molecular formula is C19H15BrFN3O4S. The fraction of sp³-hybridized carbons (Fsp3) is 0.158. The number of nitrogens with one attached hydrogen (secondary N) is 1. The lowest BCUT2D eigenvalue weighted by molar-refractivity contribution is -0.129. The SMILES string of the molecule is CC(=O)NC1=NN(C(C)=O)[C@H](c2ccc(OC(=O)c3ccccc3F)c(Br)c2)S1. The van der Waals surface area contributed by atoms with Crippen molar-refractivity contribution in [2.75, 3.05) is 0 Å². The van der Waals surface area contributed by atoms with Gasteiger partial charge in [0.25, 0.3) is 0 Å². The van der Waals surface area contributed by atoms with E-state index in [0.717, 1.165) is 0 Å². The molecule has 2 amide bonds. The Hall–Kier alpha value is -2.72. The zero-order chi connectivity index (χ0) is 21.1. The molecule has 0 radical (unpaired) electrons. The van der Waals surface area contributed by atoms with Crippen molar-refractivity contribution >= 4 is 50.6 Å². The van der Waals surface area contributed by atoms with E-state index in [1.165, 1.54) is 61.0 Å². The molecule has 0 aromatic heterocycles. The second-order valence-electron chi connectivity index (χ2n) is 5.98. The van der Waals surface area contributed by atoms with E-state index in [-0.39, 0.29) is 23.1 Å². The Morgan fingerprint density at radius 3 is 2.55 bits per heavy atom. The van der Waals surface area contributed by atoms with Gasteiger partial charge in [0, 0.05) is 13.8 Å². The molecule has 1 N–H and O–H groups in total. The van der Waals surface area contributed by atoms with Gasteiger partial charge < -0.3 is 10.1 Å². The lowest BCUT2D eigenvalue weighted by atomic mass is 10.2. The normalized spacial score (nSPS) is 15.7. The molecule has 2 aromatic rings. The molecule has 0 spiro atoms. The van der Waals surface area contributed by atoms with Crippen LogP contribution in [0.25, 0.3) is 0 Å². The number of esters is 1. The van der Waals surface area contributed by atoms with E-state index in [4.69, 9.17) is 4.74 Å². The smallest absolute Gasteiger partial charge is 0.346 e. The second-order valence-corrected chi connectivity index (χ2v) is 7.90. The van der Waals surface area contributed by atoms with Crippen LogP contribution in [0.2, 0.25) is 0 Å². The highest BCUT2D eigenvalue weighted by atomic mass is 79.9. The summed E-state index contributed by atoms with van der Waals surface area (Å²) in [6.07, 6.45) is 0. The number of hydrogen-bond acceptors (Lipinski definition) is 6. The first-order chi connectivity index (χ1) is 13.8. The molecule has 0 bridgehead atoms. The number of rotatable bonds is 3. The molecule has 1 atom stereocenters. The van der Waals surface area contributed by atoms with E-state index in [0.29, 0.717) is 15.2 Å². The summed E-state index contributed by atoms with van der Waals surface area (Å²) in [5, 5.41) is 7.75. The van der Waals surface area contributed by atoms with Crippen LogP contribution in [0.4, 0.5) is 4.39 Å². The Labute approximate surface area is 178 Å². The van der Waals surface area contributed by atoms with Crippen molar-refractivity contribution in [3.05, 3.63) is 63.9 Å². The number of amides is 2. The third-order valence-corrected chi connectivity index (χ3v) is 5.51. The maximum atomic E-state index is 13.8. The molecule has 7 nitrogen and oxygen atoms in total. The van der Waals surface area contributed by atoms with Crippen LogP contribution in [0, 0.1) is 5.82 Å². The Kier molecular flexibility index (Phi) is 6.33. The highest BCUT2D eigenvalue weighted by molar-refractivity contribution is 9.10. The highest BCUT2D eigenvalue weighted by Crippen LogP contribution is 2.41. The largest absolute Gasteiger partial charge is 0.422 e. The number of carbonyl (C=O) groups excluding carboxylic acids is 3. The molecule has 0 saturated heterocycles. The molecule has 29 heavy (non-hydrogen) atoms. The van der Waals surface area contributed by atoms with E-state index in [2.05, 4.69) is 26.3 Å². The average Bonchev–Trinajstić information content (AvgIpc) is 3.07. The molecule has 10 heteroatoms. The number of benzene rings is 2. The van der Waals surface area contributed by atoms with E-state index in [9.17, 15) is 18.8 Å². The monoisotopic (exact) mass is 479 g/mol. The number of hydrazone groups is 1. The number of hydrogen-bond donors (Lipinski definition) is 1. The summed E-state index contributed by atoms with van der Waals surface area (Å²) in [5.41, 5.74) is 0.512. The first-order valence-electron chi connectivity index (χ1n) is 8.35. The summed E-state index contributed by atoms with van der Waals surface area (Å²) in [6, 6.07) is 10.4. The first kappa shape index (κ1) is 21.0. The van der Waals surface area contributed by atoms with Gasteiger partial charge in [0.15, 0.2) is 5.17 Å². The zero-order valence-corrected chi connectivity index (χ0v) is 17.7. The van der Waals surface area contributed by atoms with Crippen LogP contribution in [0.1, 0.15) is 35.1 Å². The molecule has 0 fully saturated rings. The Morgan fingerprint density at radius 1 is 1.21 bits per heavy atom. The van der Waals surface area contributed by atoms with Crippen molar-refractivity contribution in [1.29, 1.82) is 0 Å². The number of nitrogens with zero attached hydrogens (tertiary/aromatic N) is 2. The van der Waals surface area contributed by atoms with Crippen molar-refractivity contribution in [3.63, 3.8) is 0 Å². The Bertz CT molecular complexity index is 1030. The number of thioether (sulfide) groups is 1. The number of ether oxygens (including phenoxy) is 1. The van der Waals surface area contributed by atoms with Gasteiger partial charge in [-0.05, 0) is 45.8 Å². The van der Waals surface area contributed by atoms with E-state index in [1.807, 2.05) is 0 Å². The lowest BCUT2D eigenvalue weighted by Crippen LogP contribution is -2.25. The maximum Gasteiger partial charge on any atom is 0.346 e. The number of carbonyl (C=O) groups is 3. The number of halogens is 2. The maximum absolute atomic E-state index is 13.8. The van der Waals surface area contributed by atoms with Crippen molar-refractivity contribution in [2.24, 2.45) is 5.10 Å². The van der Waals surface area contributed by atoms with Gasteiger partial charge in [-0.2, -0.15) is 0 Å². The summed E-state index contributed by atoms with van der Waals surface area (Å²) in [5.74, 6) is -1.89. The fourth-order valence-corrected chi connectivity index (χ4v) is 4.12. The molecule has 0 saturated carbocycles. The second kappa shape index (κ2) is 8.75. The van der Waals surface area contributed by atoms with Gasteiger partial charge in [0.1, 0.15) is 16.9 Å². The van der Waals surface area contributed by atoms with Crippen LogP contribution in [0.15, 0.2) is 52.0 Å². The molecule has 2 aromatic carbocycles. The number of amidine groups is 1. The Balaban J connectivity index is 1.80. The topological polar surface area (TPSA) is 88.1 Å². The average molecular weight is 480 g/mol. The predicted molar refractivity (Wildman–Crippen MR) is 110 cm³/mol. The molecule has 150 valence electrons. The molecule has 0 aliphatic carbocycles. The van der Waals surface area contributed by atoms with Gasteiger partial charge in [0.2, 0.25) is 11.8 Å². The minimum absolute atomic E-state index is 0.175. The van der Waals surface area contributed by atoms with E-state index < -0.39 is 17.2 Å². The van der Waals surface area contributed by atoms with Crippen LogP contribution in [-0.4, -0.2) is 28.0 Å². The highest BCUT2D eigenvalue weighted by Gasteiger charge is 2.32. The molecular weight excluding hydrogens is 465 g/mol. The quantitative estimate of drug-likeness (QED) is 0.534. The van der Waals surface area contributed by atoms with Crippen LogP contribution in [0.3, 0.4) is 0 Å². The minimum atomic E-state index is -0.826. The van der Waals surface area contributed by atoms with Crippen molar-refractivity contribution in [1.82, 2.24) is 10.3 Å². The molecule has 1 aliphatic rings. The molecule has 1 aliphatic heterocycles. The standard InChI is InChI=1S/C19H15BrFN3O4S/c1-10(25)22-19-23-24(11(2)26)17(29-19)12-7-8-16(14(20)9-12)28-18(27)13-5-3-4-6-15(13)21/h3-9,17H,1-2H3,(H,22,23,25)/t17-/m0/s1. The third kappa shape index (κ3) is 4.83.